The van der Waals surface area contributed by atoms with Gasteiger partial charge in [-0.15, -0.1) is 0 Å². The summed E-state index contributed by atoms with van der Waals surface area (Å²) in [5, 5.41) is 4.57. The molecule has 1 atom stereocenters. The number of halogens is 2. The topological polar surface area (TPSA) is 21.3 Å². The van der Waals surface area contributed by atoms with Crippen molar-refractivity contribution in [2.45, 2.75) is 19.9 Å². The lowest BCUT2D eigenvalue weighted by Crippen LogP contribution is -2.19. The molecule has 2 aromatic carbocycles. The summed E-state index contributed by atoms with van der Waals surface area (Å²) < 4.78 is 5.75. The average molecular weight is 324 g/mol. The number of nitrogens with one attached hydrogen (secondary N) is 1. The SMILES string of the molecule is CCOc1ccc(C)cc1C(NC)c1cc(Cl)cc(Cl)c1. The first kappa shape index (κ1) is 16.2. The minimum absolute atomic E-state index is 0.0253. The van der Waals surface area contributed by atoms with Crippen LogP contribution < -0.4 is 10.1 Å². The van der Waals surface area contributed by atoms with E-state index >= 15 is 0 Å². The molecule has 0 aliphatic rings. The third kappa shape index (κ3) is 3.91. The average Bonchev–Trinajstić information content (AvgIpc) is 2.41. The van der Waals surface area contributed by atoms with Gasteiger partial charge in [-0.25, -0.2) is 0 Å². The summed E-state index contributed by atoms with van der Waals surface area (Å²) in [4.78, 5) is 0. The molecule has 2 rings (SSSR count). The molecule has 0 fully saturated rings. The van der Waals surface area contributed by atoms with E-state index in [1.54, 1.807) is 6.07 Å². The van der Waals surface area contributed by atoms with Crippen LogP contribution in [0.25, 0.3) is 0 Å². The van der Waals surface area contributed by atoms with Crippen molar-refractivity contribution in [1.82, 2.24) is 5.32 Å². The van der Waals surface area contributed by atoms with Crippen molar-refractivity contribution in [3.8, 4) is 5.75 Å². The highest BCUT2D eigenvalue weighted by Gasteiger charge is 2.18. The second kappa shape index (κ2) is 7.17. The Morgan fingerprint density at radius 3 is 2.33 bits per heavy atom. The molecule has 4 heteroatoms. The Kier molecular flexibility index (Phi) is 5.51. The maximum atomic E-state index is 6.13. The fraction of sp³-hybridized carbons (Fsp3) is 0.294. The molecule has 0 radical (unpaired) electrons. The highest BCUT2D eigenvalue weighted by molar-refractivity contribution is 6.34. The van der Waals surface area contributed by atoms with E-state index < -0.39 is 0 Å². The first-order valence-corrected chi connectivity index (χ1v) is 7.67. The zero-order valence-electron chi connectivity index (χ0n) is 12.4. The van der Waals surface area contributed by atoms with Gasteiger partial charge in [0.25, 0.3) is 0 Å². The normalized spacial score (nSPS) is 12.2. The van der Waals surface area contributed by atoms with Crippen LogP contribution in [0.2, 0.25) is 10.0 Å². The van der Waals surface area contributed by atoms with Crippen molar-refractivity contribution in [3.63, 3.8) is 0 Å². The highest BCUT2D eigenvalue weighted by atomic mass is 35.5. The molecule has 0 aliphatic heterocycles. The number of aryl methyl sites for hydroxylation is 1. The van der Waals surface area contributed by atoms with E-state index in [9.17, 15) is 0 Å². The van der Waals surface area contributed by atoms with E-state index in [2.05, 4.69) is 18.3 Å². The molecular weight excluding hydrogens is 305 g/mol. The molecular formula is C17H19Cl2NO. The summed E-state index contributed by atoms with van der Waals surface area (Å²) in [6.45, 7) is 4.67. The van der Waals surface area contributed by atoms with Gasteiger partial charge in [0.1, 0.15) is 5.75 Å². The molecule has 0 spiro atoms. The Morgan fingerprint density at radius 2 is 1.76 bits per heavy atom. The third-order valence-electron chi connectivity index (χ3n) is 3.28. The summed E-state index contributed by atoms with van der Waals surface area (Å²) in [5.41, 5.74) is 3.28. The van der Waals surface area contributed by atoms with Crippen molar-refractivity contribution in [1.29, 1.82) is 0 Å². The second-order valence-corrected chi connectivity index (χ2v) is 5.77. The Labute approximate surface area is 136 Å². The molecule has 1 unspecified atom stereocenters. The van der Waals surface area contributed by atoms with Gasteiger partial charge < -0.3 is 10.1 Å². The number of hydrogen-bond acceptors (Lipinski definition) is 2. The zero-order chi connectivity index (χ0) is 15.4. The van der Waals surface area contributed by atoms with E-state index in [0.29, 0.717) is 16.7 Å². The van der Waals surface area contributed by atoms with Crippen LogP contribution >= 0.6 is 23.2 Å². The van der Waals surface area contributed by atoms with E-state index in [1.165, 1.54) is 5.56 Å². The van der Waals surface area contributed by atoms with Crippen LogP contribution in [0, 0.1) is 6.92 Å². The highest BCUT2D eigenvalue weighted by Crippen LogP contribution is 2.33. The second-order valence-electron chi connectivity index (χ2n) is 4.90. The van der Waals surface area contributed by atoms with Crippen LogP contribution in [0.15, 0.2) is 36.4 Å². The molecule has 1 N–H and O–H groups in total. The minimum atomic E-state index is -0.0253. The van der Waals surface area contributed by atoms with Crippen molar-refractivity contribution >= 4 is 23.2 Å². The maximum absolute atomic E-state index is 6.13. The molecule has 112 valence electrons. The van der Waals surface area contributed by atoms with Gasteiger partial charge in [0.2, 0.25) is 0 Å². The number of ether oxygens (including phenoxy) is 1. The van der Waals surface area contributed by atoms with Gasteiger partial charge in [0.05, 0.1) is 12.6 Å². The van der Waals surface area contributed by atoms with Crippen LogP contribution in [0.5, 0.6) is 5.75 Å². The molecule has 0 bridgehead atoms. The predicted octanol–water partition coefficient (Wildman–Crippen LogP) is 5.01. The molecule has 2 nitrogen and oxygen atoms in total. The van der Waals surface area contributed by atoms with Gasteiger partial charge in [-0.05, 0) is 50.7 Å². The third-order valence-corrected chi connectivity index (χ3v) is 3.72. The molecule has 0 aromatic heterocycles. The summed E-state index contributed by atoms with van der Waals surface area (Å²) in [6.07, 6.45) is 0. The Balaban J connectivity index is 2.52. The standard InChI is InChI=1S/C17H19Cl2NO/c1-4-21-16-6-5-11(2)7-15(16)17(20-3)12-8-13(18)10-14(19)9-12/h5-10,17,20H,4H2,1-3H3. The minimum Gasteiger partial charge on any atom is -0.494 e. The molecule has 0 heterocycles. The number of rotatable bonds is 5. The van der Waals surface area contributed by atoms with Crippen molar-refractivity contribution in [2.75, 3.05) is 13.7 Å². The van der Waals surface area contributed by atoms with Crippen LogP contribution in [0.1, 0.15) is 29.7 Å². The molecule has 0 saturated heterocycles. The monoisotopic (exact) mass is 323 g/mol. The predicted molar refractivity (Wildman–Crippen MR) is 89.7 cm³/mol. The summed E-state index contributed by atoms with van der Waals surface area (Å²) in [7, 11) is 1.91. The van der Waals surface area contributed by atoms with E-state index in [-0.39, 0.29) is 6.04 Å². The Hall–Kier alpha value is -1.22. The maximum Gasteiger partial charge on any atom is 0.124 e. The van der Waals surface area contributed by atoms with Crippen LogP contribution in [0.4, 0.5) is 0 Å². The van der Waals surface area contributed by atoms with Gasteiger partial charge in [0, 0.05) is 15.6 Å². The lowest BCUT2D eigenvalue weighted by molar-refractivity contribution is 0.334. The van der Waals surface area contributed by atoms with Crippen LogP contribution in [0.3, 0.4) is 0 Å². The van der Waals surface area contributed by atoms with Gasteiger partial charge in [-0.3, -0.25) is 0 Å². The van der Waals surface area contributed by atoms with Gasteiger partial charge in [-0.2, -0.15) is 0 Å². The lowest BCUT2D eigenvalue weighted by atomic mass is 9.96. The molecule has 0 aliphatic carbocycles. The molecule has 2 aromatic rings. The summed E-state index contributed by atoms with van der Waals surface area (Å²) in [5.74, 6) is 0.874. The first-order valence-electron chi connectivity index (χ1n) is 6.91. The summed E-state index contributed by atoms with van der Waals surface area (Å²) in [6, 6.07) is 11.7. The van der Waals surface area contributed by atoms with Crippen molar-refractivity contribution in [2.24, 2.45) is 0 Å². The van der Waals surface area contributed by atoms with Gasteiger partial charge >= 0.3 is 0 Å². The van der Waals surface area contributed by atoms with Crippen LogP contribution in [-0.2, 0) is 0 Å². The largest absolute Gasteiger partial charge is 0.494 e. The van der Waals surface area contributed by atoms with Crippen molar-refractivity contribution < 1.29 is 4.74 Å². The van der Waals surface area contributed by atoms with Gasteiger partial charge in [0.15, 0.2) is 0 Å². The molecule has 0 saturated carbocycles. The Morgan fingerprint density at radius 1 is 1.10 bits per heavy atom. The lowest BCUT2D eigenvalue weighted by Gasteiger charge is -2.21. The quantitative estimate of drug-likeness (QED) is 0.835. The number of benzene rings is 2. The van der Waals surface area contributed by atoms with E-state index in [0.717, 1.165) is 16.9 Å². The van der Waals surface area contributed by atoms with E-state index in [4.69, 9.17) is 27.9 Å². The Bertz CT molecular complexity index is 608. The first-order chi connectivity index (χ1) is 10.0. The zero-order valence-corrected chi connectivity index (χ0v) is 13.9. The smallest absolute Gasteiger partial charge is 0.124 e. The molecule has 21 heavy (non-hydrogen) atoms. The number of hydrogen-bond donors (Lipinski definition) is 1. The molecule has 0 amide bonds. The van der Waals surface area contributed by atoms with E-state index in [1.807, 2.05) is 38.2 Å². The van der Waals surface area contributed by atoms with Crippen LogP contribution in [-0.4, -0.2) is 13.7 Å². The summed E-state index contributed by atoms with van der Waals surface area (Å²) >= 11 is 12.3. The van der Waals surface area contributed by atoms with Crippen molar-refractivity contribution in [3.05, 3.63) is 63.1 Å². The fourth-order valence-electron chi connectivity index (χ4n) is 2.42. The fourth-order valence-corrected chi connectivity index (χ4v) is 2.97. The van der Waals surface area contributed by atoms with Gasteiger partial charge in [-0.1, -0.05) is 40.9 Å².